The number of nitrogens with one attached hydrogen (secondary N) is 1. The first kappa shape index (κ1) is 15.7. The maximum Gasteiger partial charge on any atom is 0.125 e. The smallest absolute Gasteiger partial charge is 0.125 e. The van der Waals surface area contributed by atoms with Crippen LogP contribution in [0.5, 0.6) is 5.75 Å². The molecule has 0 aliphatic carbocycles. The number of rotatable bonds is 6. The van der Waals surface area contributed by atoms with Gasteiger partial charge in [0.25, 0.3) is 0 Å². The van der Waals surface area contributed by atoms with Gasteiger partial charge in [0.15, 0.2) is 0 Å². The van der Waals surface area contributed by atoms with Gasteiger partial charge in [-0.3, -0.25) is 0 Å². The van der Waals surface area contributed by atoms with Crippen LogP contribution in [0.15, 0.2) is 16.6 Å². The van der Waals surface area contributed by atoms with Crippen LogP contribution in [0.4, 0.5) is 0 Å². The van der Waals surface area contributed by atoms with Crippen LogP contribution in [-0.2, 0) is 12.8 Å². The van der Waals surface area contributed by atoms with E-state index >= 15 is 0 Å². The fraction of sp³-hybridized carbons (Fsp3) is 0.647. The van der Waals surface area contributed by atoms with Gasteiger partial charge in [-0.15, -0.1) is 0 Å². The molecule has 2 aliphatic rings. The summed E-state index contributed by atoms with van der Waals surface area (Å²) in [5.41, 5.74) is 2.74. The zero-order valence-corrected chi connectivity index (χ0v) is 15.1. The summed E-state index contributed by atoms with van der Waals surface area (Å²) in [6.45, 7) is 4.19. The molecule has 1 fully saturated rings. The van der Waals surface area contributed by atoms with Crippen molar-refractivity contribution in [2.45, 2.75) is 50.3 Å². The van der Waals surface area contributed by atoms with E-state index in [9.17, 15) is 0 Å². The third-order valence-electron chi connectivity index (χ3n) is 4.34. The molecule has 2 heterocycles. The Kier molecular flexibility index (Phi) is 5.52. The minimum Gasteiger partial charge on any atom is -0.493 e. The van der Waals surface area contributed by atoms with Crippen LogP contribution in [-0.4, -0.2) is 30.2 Å². The zero-order valence-electron chi connectivity index (χ0n) is 12.7. The molecule has 0 bridgehead atoms. The van der Waals surface area contributed by atoms with Gasteiger partial charge in [-0.1, -0.05) is 22.9 Å². The average Bonchev–Trinajstić information content (AvgIpc) is 3.13. The molecule has 2 nitrogen and oxygen atoms in total. The van der Waals surface area contributed by atoms with Crippen molar-refractivity contribution >= 4 is 27.7 Å². The third-order valence-corrected chi connectivity index (χ3v) is 6.31. The Hall–Kier alpha value is -0.190. The van der Waals surface area contributed by atoms with E-state index in [4.69, 9.17) is 4.74 Å². The second kappa shape index (κ2) is 7.38. The number of ether oxygens (including phenoxy) is 1. The lowest BCUT2D eigenvalue weighted by molar-refractivity contribution is 0.351. The molecule has 0 saturated carbocycles. The largest absolute Gasteiger partial charge is 0.493 e. The van der Waals surface area contributed by atoms with Crippen molar-refractivity contribution in [2.75, 3.05) is 18.9 Å². The molecular formula is C17H24BrNOS. The van der Waals surface area contributed by atoms with E-state index in [1.165, 1.54) is 40.6 Å². The highest BCUT2D eigenvalue weighted by molar-refractivity contribution is 9.10. The lowest BCUT2D eigenvalue weighted by Crippen LogP contribution is -2.39. The van der Waals surface area contributed by atoms with Gasteiger partial charge in [-0.05, 0) is 61.2 Å². The van der Waals surface area contributed by atoms with Crippen molar-refractivity contribution in [1.82, 2.24) is 5.32 Å². The van der Waals surface area contributed by atoms with E-state index in [0.29, 0.717) is 6.04 Å². The topological polar surface area (TPSA) is 21.3 Å². The predicted molar refractivity (Wildman–Crippen MR) is 94.6 cm³/mol. The molecule has 1 N–H and O–H groups in total. The highest BCUT2D eigenvalue weighted by Crippen LogP contribution is 2.36. The molecule has 1 saturated heterocycles. The molecule has 3 rings (SSSR count). The quantitative estimate of drug-likeness (QED) is 0.811. The van der Waals surface area contributed by atoms with E-state index in [1.54, 1.807) is 0 Å². The third kappa shape index (κ3) is 3.77. The summed E-state index contributed by atoms with van der Waals surface area (Å²) in [5.74, 6) is 2.48. The van der Waals surface area contributed by atoms with Gasteiger partial charge in [-0.25, -0.2) is 0 Å². The van der Waals surface area contributed by atoms with E-state index in [0.717, 1.165) is 37.0 Å². The summed E-state index contributed by atoms with van der Waals surface area (Å²) in [7, 11) is 0. The Morgan fingerprint density at radius 3 is 3.14 bits per heavy atom. The van der Waals surface area contributed by atoms with Gasteiger partial charge in [0.2, 0.25) is 0 Å². The summed E-state index contributed by atoms with van der Waals surface area (Å²) < 4.78 is 7.09. The minimum atomic E-state index is 0.569. The Labute approximate surface area is 140 Å². The van der Waals surface area contributed by atoms with Crippen molar-refractivity contribution < 1.29 is 4.74 Å². The Bertz CT molecular complexity index is 488. The predicted octanol–water partition coefficient (Wildman–Crippen LogP) is 4.19. The zero-order chi connectivity index (χ0) is 14.7. The first-order valence-corrected chi connectivity index (χ1v) is 9.91. The average molecular weight is 370 g/mol. The fourth-order valence-corrected chi connectivity index (χ4v) is 5.27. The monoisotopic (exact) mass is 369 g/mol. The van der Waals surface area contributed by atoms with Gasteiger partial charge < -0.3 is 10.1 Å². The Morgan fingerprint density at radius 2 is 2.38 bits per heavy atom. The number of thioether (sulfide) groups is 1. The van der Waals surface area contributed by atoms with Crippen molar-refractivity contribution in [3.63, 3.8) is 0 Å². The SMILES string of the molecule is CCCNC(Cc1cc(Br)cc2c1OCC2)C1CCCS1. The number of fused-ring (bicyclic) bond motifs is 1. The fourth-order valence-electron chi connectivity index (χ4n) is 3.32. The summed E-state index contributed by atoms with van der Waals surface area (Å²) in [6.07, 6.45) is 6.04. The van der Waals surface area contributed by atoms with Gasteiger partial charge in [0.05, 0.1) is 6.61 Å². The number of hydrogen-bond acceptors (Lipinski definition) is 3. The van der Waals surface area contributed by atoms with Crippen molar-refractivity contribution in [2.24, 2.45) is 0 Å². The molecule has 1 aromatic rings. The lowest BCUT2D eigenvalue weighted by Gasteiger charge is -2.25. The summed E-state index contributed by atoms with van der Waals surface area (Å²) >= 11 is 5.80. The normalized spacial score (nSPS) is 22.1. The maximum atomic E-state index is 5.90. The highest BCUT2D eigenvalue weighted by Gasteiger charge is 2.27. The van der Waals surface area contributed by atoms with E-state index in [2.05, 4.69) is 52.1 Å². The van der Waals surface area contributed by atoms with Gasteiger partial charge in [-0.2, -0.15) is 11.8 Å². The second-order valence-electron chi connectivity index (χ2n) is 5.97. The summed E-state index contributed by atoms with van der Waals surface area (Å²) in [6, 6.07) is 5.04. The molecular weight excluding hydrogens is 346 g/mol. The first-order valence-electron chi connectivity index (χ1n) is 8.07. The Balaban J connectivity index is 1.78. The molecule has 4 heteroatoms. The molecule has 0 amide bonds. The minimum absolute atomic E-state index is 0.569. The Morgan fingerprint density at radius 1 is 1.48 bits per heavy atom. The molecule has 0 aromatic heterocycles. The van der Waals surface area contributed by atoms with Crippen molar-refractivity contribution in [1.29, 1.82) is 0 Å². The lowest BCUT2D eigenvalue weighted by atomic mass is 9.98. The summed E-state index contributed by atoms with van der Waals surface area (Å²) in [4.78, 5) is 0. The molecule has 0 radical (unpaired) electrons. The van der Waals surface area contributed by atoms with Gasteiger partial charge >= 0.3 is 0 Å². The molecule has 1 aromatic carbocycles. The maximum absolute atomic E-state index is 5.90. The first-order chi connectivity index (χ1) is 10.3. The number of hydrogen-bond donors (Lipinski definition) is 1. The van der Waals surface area contributed by atoms with Crippen LogP contribution in [0, 0.1) is 0 Å². The van der Waals surface area contributed by atoms with Crippen LogP contribution in [0.3, 0.4) is 0 Å². The van der Waals surface area contributed by atoms with Gasteiger partial charge in [0, 0.05) is 22.2 Å². The number of halogens is 1. The standard InChI is InChI=1S/C17H24BrNOS/c1-2-6-19-15(16-4-3-8-21-16)11-13-10-14(18)9-12-5-7-20-17(12)13/h9-10,15-16,19H,2-8,11H2,1H3. The molecule has 2 unspecified atom stereocenters. The second-order valence-corrected chi connectivity index (χ2v) is 8.23. The van der Waals surface area contributed by atoms with E-state index < -0.39 is 0 Å². The van der Waals surface area contributed by atoms with Gasteiger partial charge in [0.1, 0.15) is 5.75 Å². The van der Waals surface area contributed by atoms with E-state index in [1.807, 2.05) is 0 Å². The highest BCUT2D eigenvalue weighted by atomic mass is 79.9. The van der Waals surface area contributed by atoms with Crippen LogP contribution in [0.25, 0.3) is 0 Å². The number of benzene rings is 1. The molecule has 2 atom stereocenters. The summed E-state index contributed by atoms with van der Waals surface area (Å²) in [5, 5.41) is 4.54. The van der Waals surface area contributed by atoms with Crippen LogP contribution in [0.1, 0.15) is 37.3 Å². The molecule has 2 aliphatic heterocycles. The molecule has 0 spiro atoms. The molecule has 116 valence electrons. The van der Waals surface area contributed by atoms with Crippen LogP contribution < -0.4 is 10.1 Å². The van der Waals surface area contributed by atoms with Crippen LogP contribution in [0.2, 0.25) is 0 Å². The van der Waals surface area contributed by atoms with E-state index in [-0.39, 0.29) is 0 Å². The van der Waals surface area contributed by atoms with Crippen molar-refractivity contribution in [3.05, 3.63) is 27.7 Å². The van der Waals surface area contributed by atoms with Crippen LogP contribution >= 0.6 is 27.7 Å². The molecule has 21 heavy (non-hydrogen) atoms. The van der Waals surface area contributed by atoms with Crippen molar-refractivity contribution in [3.8, 4) is 5.75 Å².